The van der Waals surface area contributed by atoms with Crippen LogP contribution in [0.5, 0.6) is 6.01 Å². The molecule has 5 aromatic rings. The quantitative estimate of drug-likeness (QED) is 0.206. The highest BCUT2D eigenvalue weighted by Crippen LogP contribution is 2.41. The van der Waals surface area contributed by atoms with Crippen LogP contribution in [0.25, 0.3) is 32.3 Å². The Labute approximate surface area is 222 Å². The third kappa shape index (κ3) is 5.29. The standard InChI is InChI=1S/C26H18F4N6O2S/c1-38-25-33-9-14(10-34-25)17-11-32-23(31)21-18(12-39-22(17)21)13-2-5-16(6-3-13)35-24(37)36-20-8-15(26(28,29)30)4-7-19(20)27/h2-12H,1H3,(H2,31,32)(H2,35,36,37). The molecule has 0 saturated heterocycles. The van der Waals surface area contributed by atoms with Gasteiger partial charge >= 0.3 is 18.2 Å². The summed E-state index contributed by atoms with van der Waals surface area (Å²) in [5.41, 5.74) is 8.04. The van der Waals surface area contributed by atoms with Crippen molar-refractivity contribution in [3.63, 3.8) is 0 Å². The predicted molar refractivity (Wildman–Crippen MR) is 141 cm³/mol. The van der Waals surface area contributed by atoms with Crippen molar-refractivity contribution in [2.24, 2.45) is 0 Å². The molecule has 39 heavy (non-hydrogen) atoms. The number of benzene rings is 2. The van der Waals surface area contributed by atoms with Crippen molar-refractivity contribution < 1.29 is 27.1 Å². The van der Waals surface area contributed by atoms with E-state index in [0.717, 1.165) is 32.3 Å². The second-order valence-electron chi connectivity index (χ2n) is 8.22. The van der Waals surface area contributed by atoms with E-state index in [2.05, 4.69) is 25.6 Å². The van der Waals surface area contributed by atoms with Gasteiger partial charge in [-0.2, -0.15) is 13.2 Å². The van der Waals surface area contributed by atoms with Gasteiger partial charge in [0.1, 0.15) is 11.6 Å². The molecular weight excluding hydrogens is 536 g/mol. The number of rotatable bonds is 5. The number of amides is 2. The van der Waals surface area contributed by atoms with E-state index in [9.17, 15) is 22.4 Å². The molecule has 8 nitrogen and oxygen atoms in total. The Bertz CT molecular complexity index is 1670. The summed E-state index contributed by atoms with van der Waals surface area (Å²) in [5, 5.41) is 7.26. The van der Waals surface area contributed by atoms with E-state index < -0.39 is 29.3 Å². The molecule has 0 fully saturated rings. The van der Waals surface area contributed by atoms with Crippen LogP contribution in [0, 0.1) is 5.82 Å². The number of thiophene rings is 1. The van der Waals surface area contributed by atoms with Crippen molar-refractivity contribution in [1.29, 1.82) is 0 Å². The highest BCUT2D eigenvalue weighted by Gasteiger charge is 2.31. The van der Waals surface area contributed by atoms with Crippen LogP contribution in [0.4, 0.5) is 39.5 Å². The fraction of sp³-hybridized carbons (Fsp3) is 0.0769. The van der Waals surface area contributed by atoms with Crippen LogP contribution in [0.1, 0.15) is 5.56 Å². The zero-order valence-corrected chi connectivity index (χ0v) is 20.8. The van der Waals surface area contributed by atoms with Gasteiger partial charge in [-0.15, -0.1) is 11.3 Å². The lowest BCUT2D eigenvalue weighted by Crippen LogP contribution is -2.20. The molecule has 3 heterocycles. The van der Waals surface area contributed by atoms with Crippen LogP contribution >= 0.6 is 11.3 Å². The molecule has 198 valence electrons. The molecule has 3 aromatic heterocycles. The highest BCUT2D eigenvalue weighted by molar-refractivity contribution is 7.18. The first-order chi connectivity index (χ1) is 18.6. The second-order valence-corrected chi connectivity index (χ2v) is 9.10. The molecule has 2 aromatic carbocycles. The van der Waals surface area contributed by atoms with Crippen molar-refractivity contribution >= 4 is 44.6 Å². The van der Waals surface area contributed by atoms with E-state index in [1.54, 1.807) is 42.9 Å². The zero-order valence-electron chi connectivity index (χ0n) is 20.0. The number of methoxy groups -OCH3 is 1. The van der Waals surface area contributed by atoms with Crippen LogP contribution in [-0.2, 0) is 6.18 Å². The first-order valence-electron chi connectivity index (χ1n) is 11.2. The van der Waals surface area contributed by atoms with E-state index in [0.29, 0.717) is 29.7 Å². The summed E-state index contributed by atoms with van der Waals surface area (Å²) in [6.07, 6.45) is 0.246. The average molecular weight is 555 g/mol. The molecule has 5 rings (SSSR count). The summed E-state index contributed by atoms with van der Waals surface area (Å²) < 4.78 is 58.6. The summed E-state index contributed by atoms with van der Waals surface area (Å²) in [5.74, 6) is -0.659. The summed E-state index contributed by atoms with van der Waals surface area (Å²) >= 11 is 1.47. The Hall–Kier alpha value is -4.78. The van der Waals surface area contributed by atoms with Crippen LogP contribution in [0.3, 0.4) is 0 Å². The van der Waals surface area contributed by atoms with Gasteiger partial charge in [-0.3, -0.25) is 0 Å². The smallest absolute Gasteiger partial charge is 0.416 e. The number of hydrogen-bond donors (Lipinski definition) is 3. The molecule has 0 unspecified atom stereocenters. The van der Waals surface area contributed by atoms with Gasteiger partial charge in [0.2, 0.25) is 0 Å². The number of urea groups is 1. The van der Waals surface area contributed by atoms with E-state index >= 15 is 0 Å². The number of carbonyl (C=O) groups excluding carboxylic acids is 1. The van der Waals surface area contributed by atoms with Crippen molar-refractivity contribution in [2.45, 2.75) is 6.18 Å². The minimum Gasteiger partial charge on any atom is -0.467 e. The maximum absolute atomic E-state index is 14.0. The second kappa shape index (κ2) is 10.2. The van der Waals surface area contributed by atoms with Crippen molar-refractivity contribution in [1.82, 2.24) is 15.0 Å². The lowest BCUT2D eigenvalue weighted by atomic mass is 10.0. The third-order valence-corrected chi connectivity index (χ3v) is 6.76. The Morgan fingerprint density at radius 1 is 0.949 bits per heavy atom. The minimum absolute atomic E-state index is 0.243. The molecule has 0 aliphatic heterocycles. The number of nitrogens with one attached hydrogen (secondary N) is 2. The molecule has 0 aliphatic rings. The van der Waals surface area contributed by atoms with Gasteiger partial charge in [-0.25, -0.2) is 24.1 Å². The number of pyridine rings is 1. The van der Waals surface area contributed by atoms with Gasteiger partial charge in [0, 0.05) is 51.1 Å². The molecule has 0 atom stereocenters. The number of fused-ring (bicyclic) bond motifs is 1. The molecule has 0 spiro atoms. The van der Waals surface area contributed by atoms with Gasteiger partial charge in [-0.05, 0) is 41.3 Å². The van der Waals surface area contributed by atoms with Gasteiger partial charge < -0.3 is 21.1 Å². The monoisotopic (exact) mass is 554 g/mol. The summed E-state index contributed by atoms with van der Waals surface area (Å²) in [6.45, 7) is 0. The zero-order chi connectivity index (χ0) is 27.7. The third-order valence-electron chi connectivity index (χ3n) is 5.74. The lowest BCUT2D eigenvalue weighted by Gasteiger charge is -2.12. The van der Waals surface area contributed by atoms with Gasteiger partial charge in [0.25, 0.3) is 0 Å². The van der Waals surface area contributed by atoms with Gasteiger partial charge in [0.05, 0.1) is 18.4 Å². The van der Waals surface area contributed by atoms with Crippen LogP contribution in [-0.4, -0.2) is 28.1 Å². The SMILES string of the molecule is COc1ncc(-c2cnc(N)c3c(-c4ccc(NC(=O)Nc5cc(C(F)(F)F)ccc5F)cc4)csc23)cn1. The van der Waals surface area contributed by atoms with Gasteiger partial charge in [0.15, 0.2) is 0 Å². The number of alkyl halides is 3. The first-order valence-corrected chi connectivity index (χ1v) is 12.1. The van der Waals surface area contributed by atoms with E-state index in [1.807, 2.05) is 5.38 Å². The van der Waals surface area contributed by atoms with Gasteiger partial charge in [-0.1, -0.05) is 12.1 Å². The van der Waals surface area contributed by atoms with E-state index in [-0.39, 0.29) is 6.01 Å². The normalized spacial score (nSPS) is 11.4. The number of carbonyl (C=O) groups is 1. The number of hydrogen-bond acceptors (Lipinski definition) is 7. The van der Waals surface area contributed by atoms with E-state index in [1.165, 1.54) is 18.4 Å². The largest absolute Gasteiger partial charge is 0.467 e. The van der Waals surface area contributed by atoms with Crippen LogP contribution < -0.4 is 21.1 Å². The summed E-state index contributed by atoms with van der Waals surface area (Å²) in [4.78, 5) is 25.0. The topological polar surface area (TPSA) is 115 Å². The number of anilines is 3. The number of nitrogens with two attached hydrogens (primary N) is 1. The summed E-state index contributed by atoms with van der Waals surface area (Å²) in [6, 6.07) is 7.80. The van der Waals surface area contributed by atoms with Crippen molar-refractivity contribution in [2.75, 3.05) is 23.5 Å². The minimum atomic E-state index is -4.68. The predicted octanol–water partition coefficient (Wildman–Crippen LogP) is 6.81. The molecule has 0 bridgehead atoms. The molecule has 13 heteroatoms. The molecule has 0 aliphatic carbocycles. The van der Waals surface area contributed by atoms with Crippen LogP contribution in [0.2, 0.25) is 0 Å². The Balaban J connectivity index is 1.37. The number of nitrogen functional groups attached to an aromatic ring is 1. The lowest BCUT2D eigenvalue weighted by molar-refractivity contribution is -0.137. The Morgan fingerprint density at radius 3 is 2.33 bits per heavy atom. The Morgan fingerprint density at radius 2 is 1.67 bits per heavy atom. The number of aromatic nitrogens is 3. The Kier molecular flexibility index (Phi) is 6.74. The average Bonchev–Trinajstić information content (AvgIpc) is 3.36. The molecular formula is C26H18F4N6O2S. The van der Waals surface area contributed by atoms with E-state index in [4.69, 9.17) is 10.5 Å². The number of halogens is 4. The summed E-state index contributed by atoms with van der Waals surface area (Å²) in [7, 11) is 1.48. The van der Waals surface area contributed by atoms with Crippen molar-refractivity contribution in [3.05, 3.63) is 77.8 Å². The molecule has 4 N–H and O–H groups in total. The highest BCUT2D eigenvalue weighted by atomic mass is 32.1. The first kappa shape index (κ1) is 25.9. The van der Waals surface area contributed by atoms with Crippen molar-refractivity contribution in [3.8, 4) is 28.3 Å². The maximum atomic E-state index is 14.0. The molecule has 0 saturated carbocycles. The fourth-order valence-electron chi connectivity index (χ4n) is 3.86. The number of nitrogens with zero attached hydrogens (tertiary/aromatic N) is 3. The van der Waals surface area contributed by atoms with Crippen LogP contribution in [0.15, 0.2) is 66.4 Å². The fourth-order valence-corrected chi connectivity index (χ4v) is 4.98. The maximum Gasteiger partial charge on any atom is 0.416 e. The molecule has 2 amide bonds. The molecule has 0 radical (unpaired) electrons. The number of ether oxygens (including phenoxy) is 1.